The molecule has 0 spiro atoms. The Morgan fingerprint density at radius 1 is 1.28 bits per heavy atom. The number of carbonyl (C=O) groups is 2. The van der Waals surface area contributed by atoms with Crippen molar-refractivity contribution in [2.75, 3.05) is 31.6 Å². The van der Waals surface area contributed by atoms with E-state index in [9.17, 15) is 9.59 Å². The molecule has 6 nitrogen and oxygen atoms in total. The first kappa shape index (κ1) is 17.6. The first-order chi connectivity index (χ1) is 12.1. The minimum Gasteiger partial charge on any atom is -0.477 e. The van der Waals surface area contributed by atoms with Gasteiger partial charge in [0.15, 0.2) is 6.10 Å². The van der Waals surface area contributed by atoms with Crippen LogP contribution in [-0.4, -0.2) is 55.5 Å². The third-order valence-corrected chi connectivity index (χ3v) is 5.15. The van der Waals surface area contributed by atoms with Crippen molar-refractivity contribution in [3.63, 3.8) is 0 Å². The van der Waals surface area contributed by atoms with Gasteiger partial charge in [-0.25, -0.2) is 0 Å². The van der Waals surface area contributed by atoms with Crippen molar-refractivity contribution in [1.82, 2.24) is 10.2 Å². The Morgan fingerprint density at radius 3 is 2.84 bits per heavy atom. The summed E-state index contributed by atoms with van der Waals surface area (Å²) in [5.41, 5.74) is 0.876. The summed E-state index contributed by atoms with van der Waals surface area (Å²) in [6, 6.07) is 7.93. The van der Waals surface area contributed by atoms with Crippen molar-refractivity contribution in [3.05, 3.63) is 24.3 Å². The molecule has 2 heterocycles. The lowest BCUT2D eigenvalue weighted by atomic mass is 10.00. The first-order valence-corrected chi connectivity index (χ1v) is 9.15. The molecule has 0 radical (unpaired) electrons. The first-order valence-electron chi connectivity index (χ1n) is 9.15. The normalized spacial score (nSPS) is 22.8. The molecule has 1 fully saturated rings. The van der Waals surface area contributed by atoms with E-state index >= 15 is 0 Å². The molecule has 1 N–H and O–H groups in total. The standard InChI is InChI=1S/C19H27N3O3/c1-3-14-8-6-7-11-22(14)18(23)13-21-12-17(19(24)20-2)25-16-10-5-4-9-15(16)21/h4-5,9-10,14,17H,3,6-8,11-13H2,1-2H3,(H,20,24)/t14-,17-/m1/s1. The molecule has 2 aliphatic rings. The van der Waals surface area contributed by atoms with Gasteiger partial charge in [-0.05, 0) is 37.8 Å². The predicted molar refractivity (Wildman–Crippen MR) is 96.8 cm³/mol. The number of piperidine rings is 1. The fraction of sp³-hybridized carbons (Fsp3) is 0.579. The van der Waals surface area contributed by atoms with Crippen molar-refractivity contribution in [1.29, 1.82) is 0 Å². The molecule has 0 bridgehead atoms. The third-order valence-electron chi connectivity index (χ3n) is 5.15. The Kier molecular flexibility index (Phi) is 5.46. The van der Waals surface area contributed by atoms with Gasteiger partial charge in [-0.2, -0.15) is 0 Å². The average molecular weight is 345 g/mol. The lowest BCUT2D eigenvalue weighted by Gasteiger charge is -2.39. The molecule has 2 atom stereocenters. The summed E-state index contributed by atoms with van der Waals surface area (Å²) in [7, 11) is 1.60. The van der Waals surface area contributed by atoms with E-state index in [1.165, 1.54) is 6.42 Å². The van der Waals surface area contributed by atoms with E-state index < -0.39 is 6.10 Å². The highest BCUT2D eigenvalue weighted by Crippen LogP contribution is 2.33. The van der Waals surface area contributed by atoms with E-state index in [-0.39, 0.29) is 18.4 Å². The fourth-order valence-electron chi connectivity index (χ4n) is 3.76. The number of nitrogens with zero attached hydrogens (tertiary/aromatic N) is 2. The maximum absolute atomic E-state index is 12.9. The molecule has 1 aromatic carbocycles. The highest BCUT2D eigenvalue weighted by Gasteiger charge is 2.33. The minimum absolute atomic E-state index is 0.138. The van der Waals surface area contributed by atoms with E-state index in [2.05, 4.69) is 12.2 Å². The molecule has 0 aromatic heterocycles. The average Bonchev–Trinajstić information content (AvgIpc) is 2.67. The van der Waals surface area contributed by atoms with Gasteiger partial charge < -0.3 is 19.9 Å². The van der Waals surface area contributed by atoms with Gasteiger partial charge >= 0.3 is 0 Å². The number of ether oxygens (including phenoxy) is 1. The summed E-state index contributed by atoms with van der Waals surface area (Å²) in [6.45, 7) is 3.64. The molecule has 1 saturated heterocycles. The minimum atomic E-state index is -0.601. The number of fused-ring (bicyclic) bond motifs is 1. The lowest BCUT2D eigenvalue weighted by Crippen LogP contribution is -2.53. The van der Waals surface area contributed by atoms with Crippen molar-refractivity contribution < 1.29 is 14.3 Å². The summed E-state index contributed by atoms with van der Waals surface area (Å²) in [6.07, 6.45) is 3.75. The van der Waals surface area contributed by atoms with E-state index in [0.29, 0.717) is 18.3 Å². The number of likely N-dealkylation sites (tertiary alicyclic amines) is 1. The van der Waals surface area contributed by atoms with Gasteiger partial charge in [-0.3, -0.25) is 9.59 Å². The van der Waals surface area contributed by atoms with Crippen molar-refractivity contribution >= 4 is 17.5 Å². The Bertz CT molecular complexity index is 634. The smallest absolute Gasteiger partial charge is 0.262 e. The monoisotopic (exact) mass is 345 g/mol. The molecular weight excluding hydrogens is 318 g/mol. The van der Waals surface area contributed by atoms with Crippen LogP contribution in [0.3, 0.4) is 0 Å². The number of para-hydroxylation sites is 2. The van der Waals surface area contributed by atoms with Gasteiger partial charge in [0.2, 0.25) is 5.91 Å². The summed E-state index contributed by atoms with van der Waals surface area (Å²) in [5, 5.41) is 2.63. The number of anilines is 1. The number of hydrogen-bond acceptors (Lipinski definition) is 4. The third kappa shape index (κ3) is 3.72. The predicted octanol–water partition coefficient (Wildman–Crippen LogP) is 1.79. The Hall–Kier alpha value is -2.24. The number of rotatable bonds is 4. The van der Waals surface area contributed by atoms with Gasteiger partial charge in [-0.15, -0.1) is 0 Å². The Labute approximate surface area is 149 Å². The molecule has 6 heteroatoms. The van der Waals surface area contributed by atoms with Crippen molar-refractivity contribution in [3.8, 4) is 5.75 Å². The molecule has 3 rings (SSSR count). The summed E-state index contributed by atoms with van der Waals surface area (Å²) in [5.74, 6) is 0.621. The number of benzene rings is 1. The SMILES string of the molecule is CC[C@@H]1CCCCN1C(=O)CN1C[C@H](C(=O)NC)Oc2ccccc21. The molecule has 2 aliphatic heterocycles. The second kappa shape index (κ2) is 7.76. The van der Waals surface area contributed by atoms with E-state index in [1.807, 2.05) is 34.1 Å². The largest absolute Gasteiger partial charge is 0.477 e. The second-order valence-corrected chi connectivity index (χ2v) is 6.71. The maximum Gasteiger partial charge on any atom is 0.262 e. The summed E-state index contributed by atoms with van der Waals surface area (Å²) in [4.78, 5) is 29.0. The van der Waals surface area contributed by atoms with Crippen LogP contribution in [0.25, 0.3) is 0 Å². The van der Waals surface area contributed by atoms with Crippen LogP contribution in [0, 0.1) is 0 Å². The number of hydrogen-bond donors (Lipinski definition) is 1. The maximum atomic E-state index is 12.9. The zero-order chi connectivity index (χ0) is 17.8. The van der Waals surface area contributed by atoms with Gasteiger partial charge in [-0.1, -0.05) is 19.1 Å². The molecular formula is C19H27N3O3. The number of likely N-dealkylation sites (N-methyl/N-ethyl adjacent to an activating group) is 1. The molecule has 0 saturated carbocycles. The topological polar surface area (TPSA) is 61.9 Å². The molecule has 25 heavy (non-hydrogen) atoms. The zero-order valence-corrected chi connectivity index (χ0v) is 15.0. The quantitative estimate of drug-likeness (QED) is 0.904. The fourth-order valence-corrected chi connectivity index (χ4v) is 3.76. The van der Waals surface area contributed by atoms with Crippen LogP contribution >= 0.6 is 0 Å². The molecule has 2 amide bonds. The van der Waals surface area contributed by atoms with E-state index in [4.69, 9.17) is 4.74 Å². The number of nitrogens with one attached hydrogen (secondary N) is 1. The van der Waals surface area contributed by atoms with Crippen LogP contribution in [0.2, 0.25) is 0 Å². The molecule has 1 aromatic rings. The summed E-state index contributed by atoms with van der Waals surface area (Å²) >= 11 is 0. The van der Waals surface area contributed by atoms with Crippen LogP contribution in [0.5, 0.6) is 5.75 Å². The molecule has 0 unspecified atom stereocenters. The molecule has 0 aliphatic carbocycles. The zero-order valence-electron chi connectivity index (χ0n) is 15.0. The van der Waals surface area contributed by atoms with Gasteiger partial charge in [0.05, 0.1) is 18.8 Å². The Balaban J connectivity index is 1.78. The van der Waals surface area contributed by atoms with Gasteiger partial charge in [0, 0.05) is 19.6 Å². The van der Waals surface area contributed by atoms with Gasteiger partial charge in [0.25, 0.3) is 5.91 Å². The van der Waals surface area contributed by atoms with Gasteiger partial charge in [0.1, 0.15) is 5.75 Å². The highest BCUT2D eigenvalue weighted by atomic mass is 16.5. The highest BCUT2D eigenvalue weighted by molar-refractivity contribution is 5.86. The summed E-state index contributed by atoms with van der Waals surface area (Å²) < 4.78 is 5.81. The van der Waals surface area contributed by atoms with Crippen LogP contribution in [-0.2, 0) is 9.59 Å². The van der Waals surface area contributed by atoms with Crippen LogP contribution in [0.1, 0.15) is 32.6 Å². The van der Waals surface area contributed by atoms with Crippen molar-refractivity contribution in [2.24, 2.45) is 0 Å². The van der Waals surface area contributed by atoms with E-state index in [0.717, 1.165) is 31.5 Å². The molecule has 136 valence electrons. The Morgan fingerprint density at radius 2 is 2.08 bits per heavy atom. The van der Waals surface area contributed by atoms with Crippen LogP contribution in [0.4, 0.5) is 5.69 Å². The van der Waals surface area contributed by atoms with Crippen LogP contribution in [0.15, 0.2) is 24.3 Å². The van der Waals surface area contributed by atoms with Crippen LogP contribution < -0.4 is 15.0 Å². The second-order valence-electron chi connectivity index (χ2n) is 6.71. The van der Waals surface area contributed by atoms with E-state index in [1.54, 1.807) is 7.05 Å². The number of amides is 2. The lowest BCUT2D eigenvalue weighted by molar-refractivity contribution is -0.134. The van der Waals surface area contributed by atoms with Crippen molar-refractivity contribution in [2.45, 2.75) is 44.8 Å². The number of carbonyl (C=O) groups excluding carboxylic acids is 2.